The maximum Gasteiger partial charge on any atom is 0.280 e. The molecule has 1 aromatic heterocycles. The Morgan fingerprint density at radius 1 is 1.16 bits per heavy atom. The van der Waals surface area contributed by atoms with E-state index in [9.17, 15) is 13.2 Å². The van der Waals surface area contributed by atoms with Gasteiger partial charge in [0.2, 0.25) is 0 Å². The van der Waals surface area contributed by atoms with Crippen molar-refractivity contribution in [2.75, 3.05) is 32.0 Å². The Morgan fingerprint density at radius 3 is 2.48 bits per heavy atom. The minimum atomic E-state index is -3.55. The number of aryl methyl sites for hydroxylation is 1. The SMILES string of the molecule is CCS(=O)(=O)c1ccccc1C(=O)N=c1sc2cc(OC)c(OC)cc2n1CCSC. The van der Waals surface area contributed by atoms with Crippen LogP contribution in [0.15, 0.2) is 46.3 Å². The van der Waals surface area contributed by atoms with Crippen LogP contribution in [0, 0.1) is 0 Å². The second kappa shape index (κ2) is 9.88. The molecule has 0 saturated carbocycles. The summed E-state index contributed by atoms with van der Waals surface area (Å²) in [4.78, 5) is 17.9. The van der Waals surface area contributed by atoms with Crippen molar-refractivity contribution in [2.24, 2.45) is 4.99 Å². The Morgan fingerprint density at radius 2 is 1.84 bits per heavy atom. The minimum Gasteiger partial charge on any atom is -0.493 e. The number of methoxy groups -OCH3 is 2. The molecule has 0 bridgehead atoms. The molecular formula is C21H24N2O5S3. The summed E-state index contributed by atoms with van der Waals surface area (Å²) < 4.78 is 38.5. The average Bonchev–Trinajstić information content (AvgIpc) is 3.12. The molecule has 166 valence electrons. The molecule has 0 atom stereocenters. The zero-order valence-electron chi connectivity index (χ0n) is 17.7. The van der Waals surface area contributed by atoms with Crippen molar-refractivity contribution < 1.29 is 22.7 Å². The first-order valence-electron chi connectivity index (χ1n) is 9.51. The molecule has 0 radical (unpaired) electrons. The van der Waals surface area contributed by atoms with Gasteiger partial charge >= 0.3 is 0 Å². The molecule has 0 aliphatic rings. The molecule has 0 saturated heterocycles. The van der Waals surface area contributed by atoms with Crippen LogP contribution >= 0.6 is 23.1 Å². The van der Waals surface area contributed by atoms with Gasteiger partial charge in [-0.25, -0.2) is 8.42 Å². The third-order valence-corrected chi connectivity index (χ3v) is 8.16. The Labute approximate surface area is 189 Å². The van der Waals surface area contributed by atoms with Gasteiger partial charge in [-0.05, 0) is 18.4 Å². The molecule has 31 heavy (non-hydrogen) atoms. The summed E-state index contributed by atoms with van der Waals surface area (Å²) in [5, 5.41) is 0. The van der Waals surface area contributed by atoms with E-state index < -0.39 is 15.7 Å². The third-order valence-electron chi connectivity index (χ3n) is 4.74. The molecule has 0 unspecified atom stereocenters. The topological polar surface area (TPSA) is 87.0 Å². The quantitative estimate of drug-likeness (QED) is 0.489. The molecule has 0 N–H and O–H groups in total. The zero-order valence-corrected chi connectivity index (χ0v) is 20.2. The fourth-order valence-corrected chi connectivity index (χ4v) is 5.61. The highest BCUT2D eigenvalue weighted by Gasteiger charge is 2.21. The van der Waals surface area contributed by atoms with Crippen molar-refractivity contribution in [2.45, 2.75) is 18.4 Å². The molecule has 0 spiro atoms. The first kappa shape index (κ1) is 23.4. The molecule has 0 aliphatic carbocycles. The number of aromatic nitrogens is 1. The number of thioether (sulfide) groups is 1. The van der Waals surface area contributed by atoms with E-state index in [4.69, 9.17) is 9.47 Å². The molecule has 1 amide bonds. The van der Waals surface area contributed by atoms with Crippen molar-refractivity contribution in [3.63, 3.8) is 0 Å². The van der Waals surface area contributed by atoms with Crippen LogP contribution in [0.5, 0.6) is 11.5 Å². The summed E-state index contributed by atoms with van der Waals surface area (Å²) in [5.74, 6) is 1.32. The number of carbonyl (C=O) groups is 1. The second-order valence-electron chi connectivity index (χ2n) is 6.52. The van der Waals surface area contributed by atoms with E-state index in [1.807, 2.05) is 23.0 Å². The van der Waals surface area contributed by atoms with Gasteiger partial charge in [0.25, 0.3) is 5.91 Å². The van der Waals surface area contributed by atoms with E-state index in [-0.39, 0.29) is 16.2 Å². The lowest BCUT2D eigenvalue weighted by atomic mass is 10.2. The Kier molecular flexibility index (Phi) is 7.45. The maximum atomic E-state index is 13.1. The molecule has 0 aliphatic heterocycles. The van der Waals surface area contributed by atoms with Crippen LogP contribution in [0.1, 0.15) is 17.3 Å². The fourth-order valence-electron chi connectivity index (χ4n) is 3.10. The van der Waals surface area contributed by atoms with Crippen LogP contribution in [0.2, 0.25) is 0 Å². The van der Waals surface area contributed by atoms with Gasteiger partial charge < -0.3 is 14.0 Å². The lowest BCUT2D eigenvalue weighted by Crippen LogP contribution is -2.19. The molecule has 10 heteroatoms. The number of thiazole rings is 1. The highest BCUT2D eigenvalue weighted by Crippen LogP contribution is 2.33. The number of sulfone groups is 1. The Bertz CT molecular complexity index is 1280. The summed E-state index contributed by atoms with van der Waals surface area (Å²) in [6, 6.07) is 9.91. The smallest absolute Gasteiger partial charge is 0.280 e. The molecule has 1 heterocycles. The predicted octanol–water partition coefficient (Wildman–Crippen LogP) is 3.62. The van der Waals surface area contributed by atoms with E-state index in [0.717, 1.165) is 16.0 Å². The van der Waals surface area contributed by atoms with E-state index in [1.54, 1.807) is 45.0 Å². The summed E-state index contributed by atoms with van der Waals surface area (Å²) in [6.07, 6.45) is 2.01. The van der Waals surface area contributed by atoms with Crippen molar-refractivity contribution in [3.05, 3.63) is 46.8 Å². The summed E-state index contributed by atoms with van der Waals surface area (Å²) >= 11 is 3.03. The molecule has 3 rings (SSSR count). The van der Waals surface area contributed by atoms with Crippen LogP contribution in [0.3, 0.4) is 0 Å². The number of rotatable bonds is 8. The first-order chi connectivity index (χ1) is 14.9. The van der Waals surface area contributed by atoms with Crippen LogP contribution in [-0.2, 0) is 16.4 Å². The van der Waals surface area contributed by atoms with Gasteiger partial charge in [-0.2, -0.15) is 16.8 Å². The Balaban J connectivity index is 2.21. The minimum absolute atomic E-state index is 0.00589. The van der Waals surface area contributed by atoms with Crippen molar-refractivity contribution in [1.82, 2.24) is 4.57 Å². The highest BCUT2D eigenvalue weighted by molar-refractivity contribution is 7.98. The van der Waals surface area contributed by atoms with Crippen molar-refractivity contribution in [3.8, 4) is 11.5 Å². The van der Waals surface area contributed by atoms with Gasteiger partial charge in [-0.3, -0.25) is 4.79 Å². The van der Waals surface area contributed by atoms with Gasteiger partial charge in [0.15, 0.2) is 26.1 Å². The molecule has 7 nitrogen and oxygen atoms in total. The number of amides is 1. The maximum absolute atomic E-state index is 13.1. The van der Waals surface area contributed by atoms with Gasteiger partial charge in [0, 0.05) is 24.4 Å². The third kappa shape index (κ3) is 4.81. The lowest BCUT2D eigenvalue weighted by molar-refractivity contribution is 0.0994. The summed E-state index contributed by atoms with van der Waals surface area (Å²) in [5.41, 5.74) is 0.950. The number of hydrogen-bond donors (Lipinski definition) is 0. The second-order valence-corrected chi connectivity index (χ2v) is 10.8. The largest absolute Gasteiger partial charge is 0.493 e. The summed E-state index contributed by atoms with van der Waals surface area (Å²) in [6.45, 7) is 2.19. The van der Waals surface area contributed by atoms with Crippen LogP contribution < -0.4 is 14.3 Å². The molecule has 0 fully saturated rings. The Hall–Kier alpha value is -2.30. The zero-order chi connectivity index (χ0) is 22.6. The number of hydrogen-bond acceptors (Lipinski definition) is 7. The van der Waals surface area contributed by atoms with Gasteiger partial charge in [0.05, 0.1) is 40.6 Å². The van der Waals surface area contributed by atoms with E-state index in [1.165, 1.54) is 23.5 Å². The van der Waals surface area contributed by atoms with E-state index in [2.05, 4.69) is 4.99 Å². The van der Waals surface area contributed by atoms with Crippen LogP contribution in [0.25, 0.3) is 10.2 Å². The van der Waals surface area contributed by atoms with Crippen molar-refractivity contribution in [1.29, 1.82) is 0 Å². The molecule has 3 aromatic rings. The van der Waals surface area contributed by atoms with E-state index >= 15 is 0 Å². The number of benzene rings is 2. The van der Waals surface area contributed by atoms with Gasteiger partial charge in [0.1, 0.15) is 0 Å². The lowest BCUT2D eigenvalue weighted by Gasteiger charge is -2.09. The predicted molar refractivity (Wildman–Crippen MR) is 125 cm³/mol. The van der Waals surface area contributed by atoms with Crippen LogP contribution in [0.4, 0.5) is 0 Å². The van der Waals surface area contributed by atoms with Crippen LogP contribution in [-0.4, -0.2) is 50.9 Å². The van der Waals surface area contributed by atoms with Gasteiger partial charge in [-0.1, -0.05) is 30.4 Å². The molecule has 2 aromatic carbocycles. The summed E-state index contributed by atoms with van der Waals surface area (Å²) in [7, 11) is -0.414. The molecular weight excluding hydrogens is 456 g/mol. The number of fused-ring (bicyclic) bond motifs is 1. The fraction of sp³-hybridized carbons (Fsp3) is 0.333. The highest BCUT2D eigenvalue weighted by atomic mass is 32.2. The first-order valence-corrected chi connectivity index (χ1v) is 13.4. The monoisotopic (exact) mass is 480 g/mol. The normalized spacial score (nSPS) is 12.3. The average molecular weight is 481 g/mol. The number of carbonyl (C=O) groups excluding carboxylic acids is 1. The van der Waals surface area contributed by atoms with Crippen molar-refractivity contribution >= 4 is 49.1 Å². The van der Waals surface area contributed by atoms with Gasteiger partial charge in [-0.15, -0.1) is 0 Å². The number of ether oxygens (including phenoxy) is 2. The van der Waals surface area contributed by atoms with E-state index in [0.29, 0.717) is 22.8 Å². The number of nitrogens with zero attached hydrogens (tertiary/aromatic N) is 2. The standard InChI is InChI=1S/C21H24N2O5S3/c1-5-31(25,26)19-9-7-6-8-14(19)20(24)22-21-23(10-11-29-4)15-12-16(27-2)17(28-3)13-18(15)30-21/h6-9,12-13H,5,10-11H2,1-4H3.